The second kappa shape index (κ2) is 6.17. The van der Waals surface area contributed by atoms with Gasteiger partial charge in [-0.15, -0.1) is 5.10 Å². The quantitative estimate of drug-likeness (QED) is 0.780. The molecule has 5 heteroatoms. The van der Waals surface area contributed by atoms with Gasteiger partial charge in [0.25, 0.3) is 0 Å². The molecule has 0 fully saturated rings. The summed E-state index contributed by atoms with van der Waals surface area (Å²) in [5.74, 6) is 0. The van der Waals surface area contributed by atoms with Gasteiger partial charge < -0.3 is 5.32 Å². The largest absolute Gasteiger partial charge is 0.381 e. The molecule has 0 aliphatic heterocycles. The van der Waals surface area contributed by atoms with Crippen LogP contribution in [0.4, 0.5) is 5.69 Å². The smallest absolute Gasteiger partial charge is 0.143 e. The van der Waals surface area contributed by atoms with Crippen LogP contribution in [0.15, 0.2) is 54.9 Å². The Morgan fingerprint density at radius 2 is 1.86 bits per heavy atom. The summed E-state index contributed by atoms with van der Waals surface area (Å²) in [4.78, 5) is 0. The van der Waals surface area contributed by atoms with Crippen molar-refractivity contribution in [2.24, 2.45) is 0 Å². The van der Waals surface area contributed by atoms with Crippen LogP contribution < -0.4 is 5.32 Å². The number of hydrogen-bond acceptors (Lipinski definition) is 4. The average Bonchev–Trinajstić information content (AvgIpc) is 3.08. The minimum Gasteiger partial charge on any atom is -0.381 e. The maximum absolute atomic E-state index is 3.89. The molecular weight excluding hydrogens is 262 g/mol. The van der Waals surface area contributed by atoms with E-state index in [4.69, 9.17) is 0 Å². The Morgan fingerprint density at radius 3 is 2.57 bits per heavy atom. The van der Waals surface area contributed by atoms with Crippen molar-refractivity contribution in [1.82, 2.24) is 20.2 Å². The molecule has 3 rings (SSSR count). The lowest BCUT2D eigenvalue weighted by molar-refractivity contribution is 0.789. The zero-order valence-corrected chi connectivity index (χ0v) is 11.9. The fourth-order valence-electron chi connectivity index (χ4n) is 2.13. The van der Waals surface area contributed by atoms with E-state index in [0.717, 1.165) is 24.3 Å². The number of benzene rings is 2. The first kappa shape index (κ1) is 13.3. The van der Waals surface area contributed by atoms with Gasteiger partial charge in [0.05, 0.1) is 5.69 Å². The molecular formula is C16H17N5. The van der Waals surface area contributed by atoms with Crippen LogP contribution in [0.5, 0.6) is 0 Å². The molecule has 1 heterocycles. The van der Waals surface area contributed by atoms with Gasteiger partial charge in [-0.1, -0.05) is 37.3 Å². The highest BCUT2D eigenvalue weighted by Crippen LogP contribution is 2.15. The van der Waals surface area contributed by atoms with Crippen LogP contribution in [0.25, 0.3) is 5.69 Å². The molecule has 3 aromatic rings. The van der Waals surface area contributed by atoms with E-state index in [1.807, 2.05) is 24.3 Å². The van der Waals surface area contributed by atoms with Crippen LogP contribution in [0.1, 0.15) is 18.1 Å². The summed E-state index contributed by atoms with van der Waals surface area (Å²) >= 11 is 0. The van der Waals surface area contributed by atoms with Gasteiger partial charge in [-0.25, -0.2) is 4.68 Å². The maximum atomic E-state index is 3.89. The minimum atomic E-state index is 0.795. The van der Waals surface area contributed by atoms with E-state index in [1.54, 1.807) is 11.0 Å². The van der Waals surface area contributed by atoms with Gasteiger partial charge in [0.2, 0.25) is 0 Å². The van der Waals surface area contributed by atoms with E-state index >= 15 is 0 Å². The lowest BCUT2D eigenvalue weighted by Gasteiger charge is -2.08. The van der Waals surface area contributed by atoms with Crippen LogP contribution in [-0.4, -0.2) is 20.2 Å². The zero-order valence-electron chi connectivity index (χ0n) is 11.9. The number of nitrogens with zero attached hydrogens (tertiary/aromatic N) is 4. The van der Waals surface area contributed by atoms with Crippen LogP contribution >= 0.6 is 0 Å². The number of nitrogens with one attached hydrogen (secondary N) is 1. The van der Waals surface area contributed by atoms with E-state index < -0.39 is 0 Å². The second-order valence-electron chi connectivity index (χ2n) is 4.83. The molecule has 0 atom stereocenters. The van der Waals surface area contributed by atoms with Gasteiger partial charge in [-0.05, 0) is 46.2 Å². The summed E-state index contributed by atoms with van der Waals surface area (Å²) in [5.41, 5.74) is 4.60. The van der Waals surface area contributed by atoms with Crippen LogP contribution in [0, 0.1) is 0 Å². The first-order valence-electron chi connectivity index (χ1n) is 7.00. The van der Waals surface area contributed by atoms with Crippen molar-refractivity contribution in [3.05, 3.63) is 66.0 Å². The van der Waals surface area contributed by atoms with E-state index in [0.29, 0.717) is 0 Å². The fourth-order valence-corrected chi connectivity index (χ4v) is 2.13. The zero-order chi connectivity index (χ0) is 14.5. The van der Waals surface area contributed by atoms with Gasteiger partial charge in [0.15, 0.2) is 0 Å². The van der Waals surface area contributed by atoms with Gasteiger partial charge in [0, 0.05) is 12.2 Å². The highest BCUT2D eigenvalue weighted by atomic mass is 15.5. The lowest BCUT2D eigenvalue weighted by Crippen LogP contribution is -2.01. The predicted octanol–water partition coefficient (Wildman–Crippen LogP) is 2.84. The molecule has 1 N–H and O–H groups in total. The summed E-state index contributed by atoms with van der Waals surface area (Å²) < 4.78 is 1.64. The van der Waals surface area contributed by atoms with E-state index in [-0.39, 0.29) is 0 Å². The standard InChI is InChI=1S/C16H17N5/c1-2-13-6-8-14(9-7-13)11-17-15-4-3-5-16(10-15)21-12-18-19-20-21/h3-10,12,17H,2,11H2,1H3. The SMILES string of the molecule is CCc1ccc(CNc2cccc(-n3cnnn3)c2)cc1. The van der Waals surface area contributed by atoms with Crippen molar-refractivity contribution < 1.29 is 0 Å². The number of rotatable bonds is 5. The molecule has 0 radical (unpaired) electrons. The molecule has 1 aromatic heterocycles. The van der Waals surface area contributed by atoms with Gasteiger partial charge in [0.1, 0.15) is 6.33 Å². The summed E-state index contributed by atoms with van der Waals surface area (Å²) in [7, 11) is 0. The molecule has 106 valence electrons. The number of anilines is 1. The van der Waals surface area contributed by atoms with Crippen molar-refractivity contribution in [3.63, 3.8) is 0 Å². The third-order valence-electron chi connectivity index (χ3n) is 3.39. The predicted molar refractivity (Wildman–Crippen MR) is 82.3 cm³/mol. The van der Waals surface area contributed by atoms with Crippen molar-refractivity contribution in [2.75, 3.05) is 5.32 Å². The third-order valence-corrected chi connectivity index (χ3v) is 3.39. The van der Waals surface area contributed by atoms with E-state index in [1.165, 1.54) is 11.1 Å². The van der Waals surface area contributed by atoms with Gasteiger partial charge >= 0.3 is 0 Å². The number of tetrazole rings is 1. The Hall–Kier alpha value is -2.69. The molecule has 0 unspecified atom stereocenters. The first-order valence-corrected chi connectivity index (χ1v) is 7.00. The van der Waals surface area contributed by atoms with Crippen molar-refractivity contribution >= 4 is 5.69 Å². The summed E-state index contributed by atoms with van der Waals surface area (Å²) in [5, 5.41) is 14.6. The summed E-state index contributed by atoms with van der Waals surface area (Å²) in [6, 6.07) is 16.7. The molecule has 2 aromatic carbocycles. The Balaban J connectivity index is 1.68. The molecule has 0 bridgehead atoms. The first-order chi connectivity index (χ1) is 10.3. The molecule has 5 nitrogen and oxygen atoms in total. The highest BCUT2D eigenvalue weighted by molar-refractivity contribution is 5.51. The lowest BCUT2D eigenvalue weighted by atomic mass is 10.1. The molecule has 0 saturated carbocycles. The maximum Gasteiger partial charge on any atom is 0.143 e. The number of aryl methyl sites for hydroxylation is 1. The van der Waals surface area contributed by atoms with Crippen LogP contribution in [-0.2, 0) is 13.0 Å². The van der Waals surface area contributed by atoms with E-state index in [9.17, 15) is 0 Å². The number of hydrogen-bond donors (Lipinski definition) is 1. The normalized spacial score (nSPS) is 10.5. The van der Waals surface area contributed by atoms with Crippen LogP contribution in [0.2, 0.25) is 0 Å². The Bertz CT molecular complexity index is 689. The van der Waals surface area contributed by atoms with Crippen molar-refractivity contribution in [3.8, 4) is 5.69 Å². The topological polar surface area (TPSA) is 55.6 Å². The molecule has 21 heavy (non-hydrogen) atoms. The highest BCUT2D eigenvalue weighted by Gasteiger charge is 2.00. The summed E-state index contributed by atoms with van der Waals surface area (Å²) in [6.45, 7) is 2.96. The van der Waals surface area contributed by atoms with Crippen molar-refractivity contribution in [2.45, 2.75) is 19.9 Å². The van der Waals surface area contributed by atoms with Crippen LogP contribution in [0.3, 0.4) is 0 Å². The molecule has 0 aliphatic carbocycles. The van der Waals surface area contributed by atoms with Crippen molar-refractivity contribution in [1.29, 1.82) is 0 Å². The Kier molecular flexibility index (Phi) is 3.91. The Morgan fingerprint density at radius 1 is 1.05 bits per heavy atom. The molecule has 0 saturated heterocycles. The Labute approximate surface area is 123 Å². The summed E-state index contributed by atoms with van der Waals surface area (Å²) in [6.07, 6.45) is 2.66. The molecule has 0 spiro atoms. The van der Waals surface area contributed by atoms with Gasteiger partial charge in [-0.3, -0.25) is 0 Å². The minimum absolute atomic E-state index is 0.795. The second-order valence-corrected chi connectivity index (χ2v) is 4.83. The molecule has 0 amide bonds. The third kappa shape index (κ3) is 3.25. The number of aromatic nitrogens is 4. The average molecular weight is 279 g/mol. The monoisotopic (exact) mass is 279 g/mol. The van der Waals surface area contributed by atoms with E-state index in [2.05, 4.69) is 52.0 Å². The van der Waals surface area contributed by atoms with Gasteiger partial charge in [-0.2, -0.15) is 0 Å². The fraction of sp³-hybridized carbons (Fsp3) is 0.188. The molecule has 0 aliphatic rings.